The summed E-state index contributed by atoms with van der Waals surface area (Å²) in [4.78, 5) is 95.1. The van der Waals surface area contributed by atoms with E-state index in [1.165, 1.54) is 50.2 Å². The number of benzene rings is 2. The van der Waals surface area contributed by atoms with Crippen molar-refractivity contribution in [1.82, 2.24) is 25.2 Å². The van der Waals surface area contributed by atoms with E-state index in [0.717, 1.165) is 45.2 Å². The van der Waals surface area contributed by atoms with Gasteiger partial charge in [0.2, 0.25) is 17.5 Å². The standard InChI is InChI=1S/C44H62N4O5.C27H43N4O16P3S4.O3S/c1-8-28-53-42(50)46-26-30-52-32-31-51-29-25-45-41(49)22-14-11-17-27-48-38-24-23-34(3)33-36(38)44(6,7)40(48)21-13-10-12-20-39-43(4,5)35-18-15-16-19-37(35)47(39)9-2;1-27(2,3)53-52-16-41-11-7-8-12-42-22(32)10-6-5-9-18-14-31(24-23(18)25(33)30-26(28)29-24)21-13-19(43-17-54(4)51)20(45-21)15-44-49(37,38)47-50(39,40)46-48(34,35)36;1-4(2)3/h10,12-13,15-16,18-21,23-24,33H,8-9,11,14,17,22,25-32H2,1-7H3,(H-,45,46,49,50);14,19-21H,6-8,10-13,15-17H2,1-4H3,(H,37,38)(H,39,40)(H2,34,35,36)(H3,28,29,30,33);/p+1/t;19-,20+,21+,54?;/m.0./s1. The first-order chi connectivity index (χ1) is 52.3. The molecule has 4 aromatic rings. The zero-order valence-corrected chi connectivity index (χ0v) is 71.2. The quantitative estimate of drug-likeness (QED) is 0.00299. The predicted molar refractivity (Wildman–Crippen MR) is 431 cm³/mol. The van der Waals surface area contributed by atoms with E-state index in [0.29, 0.717) is 71.5 Å². The molecule has 618 valence electrons. The van der Waals surface area contributed by atoms with Gasteiger partial charge in [-0.2, -0.15) is 18.2 Å². The summed E-state index contributed by atoms with van der Waals surface area (Å²) >= 11 is 5.19. The topological polar surface area (TPSA) is 434 Å². The van der Waals surface area contributed by atoms with Gasteiger partial charge in [0.15, 0.2) is 11.4 Å². The number of nitrogens with one attached hydrogen (secondary N) is 3. The second kappa shape index (κ2) is 46.7. The van der Waals surface area contributed by atoms with Gasteiger partial charge in [0, 0.05) is 97.4 Å². The summed E-state index contributed by atoms with van der Waals surface area (Å²) in [6.07, 6.45) is 16.5. The second-order valence-electron chi connectivity index (χ2n) is 27.3. The maximum Gasteiger partial charge on any atom is 0.490 e. The Bertz CT molecular complexity index is 4320. The summed E-state index contributed by atoms with van der Waals surface area (Å²) in [5, 5.41) is 5.65. The number of rotatable bonds is 42. The Morgan fingerprint density at radius 1 is 0.856 bits per heavy atom. The molecule has 2 amide bonds. The highest BCUT2D eigenvalue weighted by atomic mass is 33.1. The molecule has 111 heavy (non-hydrogen) atoms. The lowest BCUT2D eigenvalue weighted by Crippen LogP contribution is -2.29. The first-order valence-corrected chi connectivity index (χ1v) is 46.4. The van der Waals surface area contributed by atoms with Crippen molar-refractivity contribution in [2.24, 2.45) is 0 Å². The number of aryl methyl sites for hydroxylation is 1. The highest BCUT2D eigenvalue weighted by molar-refractivity contribution is 8.77. The van der Waals surface area contributed by atoms with Crippen molar-refractivity contribution in [3.05, 3.63) is 117 Å². The van der Waals surface area contributed by atoms with Crippen LogP contribution in [0.1, 0.15) is 155 Å². The van der Waals surface area contributed by atoms with Crippen LogP contribution in [0.4, 0.5) is 22.1 Å². The molecular weight excluding hydrogens is 1600 g/mol. The number of allylic oxidation sites excluding steroid dienone is 6. The van der Waals surface area contributed by atoms with Gasteiger partial charge in [-0.05, 0) is 101 Å². The number of amides is 2. The molecule has 0 spiro atoms. The van der Waals surface area contributed by atoms with Crippen molar-refractivity contribution >= 4 is 128 Å². The number of nitrogen functional groups attached to an aromatic ring is 1. The number of aromatic nitrogens is 3. The van der Waals surface area contributed by atoms with Crippen molar-refractivity contribution in [3.8, 4) is 11.8 Å². The molecule has 1 saturated heterocycles. The van der Waals surface area contributed by atoms with Crippen LogP contribution in [-0.4, -0.2) is 189 Å². The van der Waals surface area contributed by atoms with Crippen LogP contribution in [0.3, 0.4) is 0 Å². The van der Waals surface area contributed by atoms with Gasteiger partial charge in [-0.25, -0.2) is 18.5 Å². The number of H-pyrrole nitrogens is 1. The molecule has 2 aromatic heterocycles. The molecular formula is C71H106N8O24P3S5+. The minimum Gasteiger partial charge on any atom is -0.466 e. The highest BCUT2D eigenvalue weighted by Gasteiger charge is 2.46. The number of carbonyl (C=O) groups excluding carboxylic acids is 3. The van der Waals surface area contributed by atoms with Gasteiger partial charge in [0.1, 0.15) is 24.8 Å². The fourth-order valence-electron chi connectivity index (χ4n) is 11.8. The Balaban J connectivity index is 0.000000379. The van der Waals surface area contributed by atoms with Crippen LogP contribution in [0, 0.1) is 18.8 Å². The van der Waals surface area contributed by atoms with E-state index >= 15 is 0 Å². The number of hydrogen-bond acceptors (Lipinski definition) is 26. The molecule has 3 unspecified atom stereocenters. The monoisotopic (exact) mass is 1710 g/mol. The van der Waals surface area contributed by atoms with Crippen LogP contribution >= 0.6 is 45.1 Å². The van der Waals surface area contributed by atoms with Crippen LogP contribution in [0.15, 0.2) is 89.5 Å². The molecule has 0 bridgehead atoms. The zero-order chi connectivity index (χ0) is 82.2. The van der Waals surface area contributed by atoms with Gasteiger partial charge >= 0.3 is 46.1 Å². The highest BCUT2D eigenvalue weighted by Crippen LogP contribution is 2.66. The number of ether oxygens (including phenoxy) is 7. The molecule has 40 heteroatoms. The summed E-state index contributed by atoms with van der Waals surface area (Å²) < 4.78 is 115. The number of carbonyl (C=O) groups is 3. The van der Waals surface area contributed by atoms with Crippen LogP contribution in [0.5, 0.6) is 0 Å². The minimum absolute atomic E-state index is 0.00827. The maximum atomic E-state index is 13.0. The molecule has 3 aliphatic heterocycles. The lowest BCUT2D eigenvalue weighted by molar-refractivity contribution is -0.438. The normalized spacial score (nSPS) is 18.1. The summed E-state index contributed by atoms with van der Waals surface area (Å²) in [5.41, 5.74) is 14.6. The summed E-state index contributed by atoms with van der Waals surface area (Å²) in [5.74, 6) is 5.79. The van der Waals surface area contributed by atoms with Gasteiger partial charge in [0.25, 0.3) is 5.56 Å². The van der Waals surface area contributed by atoms with Crippen molar-refractivity contribution < 1.29 is 111 Å². The summed E-state index contributed by atoms with van der Waals surface area (Å²) in [6, 6.07) is 15.5. The minimum atomic E-state index is -5.75. The second-order valence-corrected chi connectivity index (χ2v) is 38.3. The number of anilines is 2. The largest absolute Gasteiger partial charge is 0.490 e. The van der Waals surface area contributed by atoms with Gasteiger partial charge in [-0.3, -0.25) is 23.9 Å². The Labute approximate surface area is 665 Å². The first kappa shape index (κ1) is 95.8. The average Bonchev–Trinajstić information content (AvgIpc) is 1.61. The smallest absolute Gasteiger partial charge is 0.466 e. The SMILES string of the molecule is CCCOC(=O)NCCOCCOCCNC(=O)CCCCC[N+]1=C(/C=C/C=C/C=C2\N(CC)c3ccccc3C2(C)C)C(C)(C)c2cc(C)ccc21.CS(=S)CO[C@H]1C[C@H](n2cc(C#CCCC(=O)OCCCCOCSSC(C)(C)C)c3c(=O)[nH]c(N)nc32)O[C@@H]1COP(=O)(O)OP(=O)(O)OP(=O)(O)O.O=S(=O)=O. The fourth-order valence-corrected chi connectivity index (χ4v) is 17.3. The van der Waals surface area contributed by atoms with Crippen molar-refractivity contribution in [3.63, 3.8) is 0 Å². The van der Waals surface area contributed by atoms with E-state index in [-0.39, 0.29) is 75.8 Å². The first-order valence-electron chi connectivity index (χ1n) is 35.9. The van der Waals surface area contributed by atoms with E-state index < -0.39 is 86.2 Å². The predicted octanol–water partition coefficient (Wildman–Crippen LogP) is 10.6. The van der Waals surface area contributed by atoms with Crippen LogP contribution < -0.4 is 26.8 Å². The van der Waals surface area contributed by atoms with Crippen molar-refractivity contribution in [2.75, 3.05) is 108 Å². The van der Waals surface area contributed by atoms with Crippen molar-refractivity contribution in [2.45, 2.75) is 167 Å². The summed E-state index contributed by atoms with van der Waals surface area (Å²) in [7, 11) is -17.2. The molecule has 5 heterocycles. The van der Waals surface area contributed by atoms with Gasteiger partial charge in [0.05, 0.1) is 81.1 Å². The number of nitrogens with two attached hydrogens (primary N) is 1. The average molecular weight is 1710 g/mol. The van der Waals surface area contributed by atoms with Crippen molar-refractivity contribution in [1.29, 1.82) is 0 Å². The molecule has 3 aliphatic rings. The van der Waals surface area contributed by atoms with E-state index in [9.17, 15) is 42.7 Å². The Kier molecular flexibility index (Phi) is 40.3. The van der Waals surface area contributed by atoms with Crippen LogP contribution in [0.25, 0.3) is 11.0 Å². The Hall–Kier alpha value is -5.78. The molecule has 1 fully saturated rings. The van der Waals surface area contributed by atoms with E-state index in [1.54, 1.807) is 27.8 Å². The molecule has 0 aliphatic carbocycles. The van der Waals surface area contributed by atoms with E-state index in [1.807, 2.05) is 6.92 Å². The number of alkyl carbamates (subject to hydrolysis) is 1. The number of phosphoric acid groups is 3. The van der Waals surface area contributed by atoms with E-state index in [4.69, 9.17) is 77.0 Å². The number of nitrogens with zero attached hydrogens (tertiary/aromatic N) is 4. The third kappa shape index (κ3) is 33.5. The van der Waals surface area contributed by atoms with Gasteiger partial charge in [-0.15, -0.1) is 12.6 Å². The molecule has 6 atom stereocenters. The van der Waals surface area contributed by atoms with E-state index in [2.05, 4.69) is 186 Å². The third-order valence-electron chi connectivity index (χ3n) is 16.6. The lowest BCUT2D eigenvalue weighted by Gasteiger charge is -2.25. The molecule has 0 radical (unpaired) electrons. The zero-order valence-electron chi connectivity index (χ0n) is 64.4. The number of aromatic amines is 1. The fraction of sp³-hybridized carbons (Fsp3) is 0.577. The number of phosphoric ester groups is 1. The summed E-state index contributed by atoms with van der Waals surface area (Å²) in [6.45, 7) is 26.8. The van der Waals surface area contributed by atoms with Gasteiger partial charge in [-0.1, -0.05) is 132 Å². The molecule has 2 aromatic carbocycles. The van der Waals surface area contributed by atoms with Crippen LogP contribution in [-0.2, 0) is 112 Å². The number of unbranched alkanes of at least 4 members (excludes halogenated alkanes) is 3. The number of para-hydroxylation sites is 1. The number of likely N-dealkylation sites (N-methyl/N-ethyl adjacent to an activating group) is 1. The molecule has 32 nitrogen and oxygen atoms in total. The van der Waals surface area contributed by atoms with Crippen LogP contribution in [0.2, 0.25) is 0 Å². The molecule has 7 rings (SSSR count). The molecule has 9 N–H and O–H groups in total. The molecule has 0 saturated carbocycles. The number of esters is 1. The number of fused-ring (bicyclic) bond motifs is 3. The lowest BCUT2D eigenvalue weighted by atomic mass is 9.81. The number of hydrogen-bond donors (Lipinski definition) is 8. The third-order valence-corrected chi connectivity index (χ3v) is 24.2. The Morgan fingerprint density at radius 3 is 2.23 bits per heavy atom. The van der Waals surface area contributed by atoms with Gasteiger partial charge < -0.3 is 78.6 Å². The Morgan fingerprint density at radius 2 is 1.55 bits per heavy atom. The maximum absolute atomic E-state index is 13.0.